The van der Waals surface area contributed by atoms with E-state index in [2.05, 4.69) is 149 Å². The summed E-state index contributed by atoms with van der Waals surface area (Å²) in [6.07, 6.45) is 1.84. The predicted octanol–water partition coefficient (Wildman–Crippen LogP) is 7.97. The van der Waals surface area contributed by atoms with E-state index in [1.165, 1.54) is 76.3 Å². The molecule has 0 bridgehead atoms. The van der Waals surface area contributed by atoms with E-state index >= 15 is 0 Å². The van der Waals surface area contributed by atoms with Crippen LogP contribution in [-0.2, 0) is 12.8 Å². The van der Waals surface area contributed by atoms with E-state index in [9.17, 15) is 0 Å². The lowest BCUT2D eigenvalue weighted by Crippen LogP contribution is -2.26. The van der Waals surface area contributed by atoms with Gasteiger partial charge in [0.05, 0.1) is 13.2 Å². The smallest absolute Gasteiger partial charge is 0.131 e. The highest BCUT2D eigenvalue weighted by molar-refractivity contribution is 7.80. The monoisotopic (exact) mass is 662 g/mol. The minimum absolute atomic E-state index is 0.703. The largest absolute Gasteiger partial charge is 0.492 e. The second kappa shape index (κ2) is 13.0. The van der Waals surface area contributed by atoms with Crippen LogP contribution in [0.5, 0.6) is 11.5 Å². The molecule has 0 amide bonds. The van der Waals surface area contributed by atoms with Crippen molar-refractivity contribution in [3.63, 3.8) is 0 Å². The number of aryl methyl sites for hydroxylation is 4. The molecule has 2 heterocycles. The summed E-state index contributed by atoms with van der Waals surface area (Å²) in [6.45, 7) is 10.1. The number of hydrogen-bond acceptors (Lipinski definition) is 2. The van der Waals surface area contributed by atoms with Gasteiger partial charge in [-0.3, -0.25) is 0 Å². The molecule has 6 aromatic carbocycles. The number of fused-ring (bicyclic) bond motifs is 2. The molecular formula is C44H40O2P2. The number of rotatable bonds is 7. The minimum atomic E-state index is -0.905. The first-order valence-corrected chi connectivity index (χ1v) is 19.6. The van der Waals surface area contributed by atoms with Crippen molar-refractivity contribution in [2.24, 2.45) is 0 Å². The molecule has 0 saturated heterocycles. The van der Waals surface area contributed by atoms with Gasteiger partial charge in [-0.15, -0.1) is 0 Å². The molecule has 8 rings (SSSR count). The van der Waals surface area contributed by atoms with E-state index < -0.39 is 15.8 Å². The number of hydrogen-bond donors (Lipinski definition) is 0. The Bertz CT molecular complexity index is 1850. The lowest BCUT2D eigenvalue weighted by molar-refractivity contribution is 0.354. The predicted molar refractivity (Wildman–Crippen MR) is 207 cm³/mol. The Morgan fingerprint density at radius 3 is 0.958 bits per heavy atom. The van der Waals surface area contributed by atoms with Gasteiger partial charge < -0.3 is 9.47 Å². The van der Waals surface area contributed by atoms with Crippen molar-refractivity contribution in [1.29, 1.82) is 0 Å². The first-order chi connectivity index (χ1) is 23.4. The van der Waals surface area contributed by atoms with E-state index in [4.69, 9.17) is 9.47 Å². The maximum absolute atomic E-state index is 6.68. The quantitative estimate of drug-likeness (QED) is 0.162. The molecule has 2 aliphatic heterocycles. The molecule has 0 fully saturated rings. The van der Waals surface area contributed by atoms with Gasteiger partial charge in [-0.1, -0.05) is 144 Å². The van der Waals surface area contributed by atoms with Crippen LogP contribution in [0.3, 0.4) is 0 Å². The molecule has 0 aliphatic carbocycles. The van der Waals surface area contributed by atoms with Crippen LogP contribution < -0.4 is 41.3 Å². The molecule has 0 spiro atoms. The van der Waals surface area contributed by atoms with Crippen molar-refractivity contribution in [2.75, 3.05) is 13.2 Å². The summed E-state index contributed by atoms with van der Waals surface area (Å²) in [4.78, 5) is 0. The molecule has 4 heteroatoms. The molecule has 0 N–H and O–H groups in total. The molecule has 0 saturated carbocycles. The topological polar surface area (TPSA) is 18.5 Å². The third-order valence-electron chi connectivity index (χ3n) is 9.57. The summed E-state index contributed by atoms with van der Waals surface area (Å²) in [5.41, 5.74) is 10.1. The molecule has 2 nitrogen and oxygen atoms in total. The Kier molecular flexibility index (Phi) is 8.42. The van der Waals surface area contributed by atoms with Crippen molar-refractivity contribution in [3.05, 3.63) is 155 Å². The molecule has 0 unspecified atom stereocenters. The fourth-order valence-corrected chi connectivity index (χ4v) is 11.8. The fourth-order valence-electron chi connectivity index (χ4n) is 6.97. The zero-order valence-corrected chi connectivity index (χ0v) is 29.9. The van der Waals surface area contributed by atoms with E-state index in [1.54, 1.807) is 0 Å². The van der Waals surface area contributed by atoms with E-state index in [1.807, 2.05) is 0 Å². The summed E-state index contributed by atoms with van der Waals surface area (Å²) in [7, 11) is -1.81. The van der Waals surface area contributed by atoms with Crippen molar-refractivity contribution < 1.29 is 9.47 Å². The van der Waals surface area contributed by atoms with Gasteiger partial charge in [-0.2, -0.15) is 0 Å². The normalized spacial score (nSPS) is 13.4. The van der Waals surface area contributed by atoms with Gasteiger partial charge in [0.15, 0.2) is 0 Å². The van der Waals surface area contributed by atoms with E-state index in [-0.39, 0.29) is 0 Å². The molecule has 6 aromatic rings. The van der Waals surface area contributed by atoms with Gasteiger partial charge in [-0.05, 0) is 86.5 Å². The fraction of sp³-hybridized carbons (Fsp3) is 0.182. The minimum Gasteiger partial charge on any atom is -0.492 e. The average molecular weight is 663 g/mol. The summed E-state index contributed by atoms with van der Waals surface area (Å²) < 4.78 is 13.4. The number of ether oxygens (including phenoxy) is 2. The zero-order chi connectivity index (χ0) is 32.8. The third-order valence-corrected chi connectivity index (χ3v) is 14.5. The summed E-state index contributed by atoms with van der Waals surface area (Å²) >= 11 is 0. The zero-order valence-electron chi connectivity index (χ0n) is 28.1. The highest BCUT2D eigenvalue weighted by Crippen LogP contribution is 2.50. The van der Waals surface area contributed by atoms with Crippen LogP contribution in [-0.4, -0.2) is 13.2 Å². The Morgan fingerprint density at radius 2 is 0.667 bits per heavy atom. The standard InChI is InChI=1S/C44H40O2P2/c1-29-5-15-35(16-6-29)47(36-17-7-30(2)8-18-36)39-23-13-33-25-27-45-43(33)41(39)42-40(24-14-34-26-28-46-44(34)42)48(37-19-9-31(3)10-20-37)38-21-11-32(4)12-22-38/h5-24H,25-28H2,1-4H3. The molecule has 0 aromatic heterocycles. The second-order valence-corrected chi connectivity index (χ2v) is 17.5. The summed E-state index contributed by atoms with van der Waals surface area (Å²) in [5, 5.41) is 8.01. The van der Waals surface area contributed by atoms with Crippen molar-refractivity contribution in [3.8, 4) is 22.6 Å². The van der Waals surface area contributed by atoms with Crippen LogP contribution in [0.25, 0.3) is 11.1 Å². The maximum Gasteiger partial charge on any atom is 0.131 e. The Morgan fingerprint density at radius 1 is 0.375 bits per heavy atom. The number of benzene rings is 6. The van der Waals surface area contributed by atoms with Gasteiger partial charge in [0.25, 0.3) is 0 Å². The molecular weight excluding hydrogens is 622 g/mol. The molecule has 2 aliphatic rings. The van der Waals surface area contributed by atoms with E-state index in [0.717, 1.165) is 24.3 Å². The van der Waals surface area contributed by atoms with Crippen LogP contribution in [0.15, 0.2) is 121 Å². The van der Waals surface area contributed by atoms with Crippen molar-refractivity contribution in [1.82, 2.24) is 0 Å². The van der Waals surface area contributed by atoms with Crippen LogP contribution in [0.4, 0.5) is 0 Å². The Hall–Kier alpha value is -4.22. The highest BCUT2D eigenvalue weighted by atomic mass is 31.1. The van der Waals surface area contributed by atoms with Crippen LogP contribution in [0.2, 0.25) is 0 Å². The van der Waals surface area contributed by atoms with Gasteiger partial charge >= 0.3 is 0 Å². The lowest BCUT2D eigenvalue weighted by atomic mass is 9.97. The lowest BCUT2D eigenvalue weighted by Gasteiger charge is -2.28. The maximum atomic E-state index is 6.68. The first-order valence-electron chi connectivity index (χ1n) is 16.9. The Balaban J connectivity index is 1.45. The Labute approximate surface area is 287 Å². The SMILES string of the molecule is Cc1ccc(P(c2ccc(C)cc2)c2ccc3c(c2-c2c(P(c4ccc(C)cc4)c4ccc(C)cc4)ccc4c2OCC4)OCC3)cc1. The van der Waals surface area contributed by atoms with E-state index in [0.29, 0.717) is 13.2 Å². The van der Waals surface area contributed by atoms with Crippen LogP contribution >= 0.6 is 15.8 Å². The van der Waals surface area contributed by atoms with Gasteiger partial charge in [0.1, 0.15) is 11.5 Å². The average Bonchev–Trinajstić information content (AvgIpc) is 3.79. The van der Waals surface area contributed by atoms with Gasteiger partial charge in [-0.25, -0.2) is 0 Å². The van der Waals surface area contributed by atoms with Crippen molar-refractivity contribution >= 4 is 47.7 Å². The molecule has 0 atom stereocenters. The summed E-state index contributed by atoms with van der Waals surface area (Å²) in [6, 6.07) is 46.2. The summed E-state index contributed by atoms with van der Waals surface area (Å²) in [5.74, 6) is 2.07. The third kappa shape index (κ3) is 5.77. The molecule has 48 heavy (non-hydrogen) atoms. The molecule has 0 radical (unpaired) electrons. The van der Waals surface area contributed by atoms with Crippen molar-refractivity contribution in [2.45, 2.75) is 40.5 Å². The highest BCUT2D eigenvalue weighted by Gasteiger charge is 2.34. The van der Waals surface area contributed by atoms with Crippen LogP contribution in [0.1, 0.15) is 33.4 Å². The van der Waals surface area contributed by atoms with Crippen LogP contribution in [0, 0.1) is 27.7 Å². The second-order valence-electron chi connectivity index (χ2n) is 13.1. The van der Waals surface area contributed by atoms with Gasteiger partial charge in [0.2, 0.25) is 0 Å². The first kappa shape index (κ1) is 31.1. The molecule has 238 valence electrons. The van der Waals surface area contributed by atoms with Gasteiger partial charge in [0, 0.05) is 24.0 Å².